The van der Waals surface area contributed by atoms with Gasteiger partial charge in [-0.3, -0.25) is 4.79 Å². The number of piperazine rings is 1. The first-order chi connectivity index (χ1) is 13.5. The minimum Gasteiger partial charge on any atom is -0.494 e. The molecule has 0 spiro atoms. The van der Waals surface area contributed by atoms with Gasteiger partial charge in [0, 0.05) is 37.6 Å². The highest BCUT2D eigenvalue weighted by Crippen LogP contribution is 2.25. The van der Waals surface area contributed by atoms with Crippen LogP contribution in [-0.4, -0.2) is 50.6 Å². The number of aryl methyl sites for hydroxylation is 1. The summed E-state index contributed by atoms with van der Waals surface area (Å²) in [6.07, 6.45) is 0.112. The van der Waals surface area contributed by atoms with Crippen molar-refractivity contribution in [3.63, 3.8) is 0 Å². The Hall–Kier alpha value is -2.60. The van der Waals surface area contributed by atoms with Crippen LogP contribution in [0.4, 0.5) is 15.8 Å². The number of anilines is 2. The van der Waals surface area contributed by atoms with E-state index in [9.17, 15) is 9.18 Å². The van der Waals surface area contributed by atoms with Gasteiger partial charge in [0.05, 0.1) is 13.5 Å². The highest BCUT2D eigenvalue weighted by molar-refractivity contribution is 5.92. The molecule has 2 aromatic carbocycles. The van der Waals surface area contributed by atoms with Crippen LogP contribution in [0, 0.1) is 12.7 Å². The summed E-state index contributed by atoms with van der Waals surface area (Å²) in [5, 5.41) is 2.91. The van der Waals surface area contributed by atoms with Gasteiger partial charge in [-0.05, 0) is 54.9 Å². The lowest BCUT2D eigenvalue weighted by molar-refractivity contribution is -0.115. The topological polar surface area (TPSA) is 44.8 Å². The van der Waals surface area contributed by atoms with Gasteiger partial charge < -0.3 is 19.9 Å². The molecule has 1 aliphatic rings. The Bertz CT molecular complexity index is 833. The van der Waals surface area contributed by atoms with Crippen molar-refractivity contribution < 1.29 is 13.9 Å². The molecule has 28 heavy (non-hydrogen) atoms. The smallest absolute Gasteiger partial charge is 0.228 e. The van der Waals surface area contributed by atoms with Crippen molar-refractivity contribution >= 4 is 17.3 Å². The molecule has 150 valence electrons. The Labute approximate surface area is 166 Å². The van der Waals surface area contributed by atoms with E-state index in [1.165, 1.54) is 24.9 Å². The van der Waals surface area contributed by atoms with Crippen LogP contribution in [-0.2, 0) is 11.2 Å². The Kier molecular flexibility index (Phi) is 6.52. The van der Waals surface area contributed by atoms with Crippen LogP contribution in [0.1, 0.15) is 18.1 Å². The van der Waals surface area contributed by atoms with Crippen LogP contribution in [0.2, 0.25) is 0 Å². The molecule has 1 heterocycles. The van der Waals surface area contributed by atoms with Crippen molar-refractivity contribution in [3.8, 4) is 5.75 Å². The third-order valence-corrected chi connectivity index (χ3v) is 5.22. The number of hydrogen-bond acceptors (Lipinski definition) is 4. The molecule has 0 atom stereocenters. The maximum atomic E-state index is 13.8. The van der Waals surface area contributed by atoms with Gasteiger partial charge in [-0.2, -0.15) is 0 Å². The summed E-state index contributed by atoms with van der Waals surface area (Å²) in [7, 11) is 1.42. The molecule has 3 rings (SSSR count). The number of methoxy groups -OCH3 is 1. The standard InChI is InChI=1S/C22H28FN3O2/c1-4-25-9-11-26(12-10-25)20-7-6-18(13-16(20)2)24-22(27)15-17-5-8-21(28-3)19(23)14-17/h5-8,13-14H,4,9-12,15H2,1-3H3,(H,24,27). The number of carbonyl (C=O) groups excluding carboxylic acids is 1. The second-order valence-corrected chi connectivity index (χ2v) is 7.12. The highest BCUT2D eigenvalue weighted by Gasteiger charge is 2.17. The SMILES string of the molecule is CCN1CCN(c2ccc(NC(=O)Cc3ccc(OC)c(F)c3)cc2C)CC1. The average Bonchev–Trinajstić information content (AvgIpc) is 2.68. The number of nitrogens with zero attached hydrogens (tertiary/aromatic N) is 2. The number of halogens is 1. The normalized spacial score (nSPS) is 14.8. The van der Waals surface area contributed by atoms with Gasteiger partial charge in [0.1, 0.15) is 0 Å². The fraction of sp³-hybridized carbons (Fsp3) is 0.409. The maximum absolute atomic E-state index is 13.8. The molecule has 0 saturated carbocycles. The van der Waals surface area contributed by atoms with Crippen molar-refractivity contribution in [1.82, 2.24) is 4.90 Å². The Balaban J connectivity index is 1.61. The van der Waals surface area contributed by atoms with Crippen LogP contribution in [0.3, 0.4) is 0 Å². The van der Waals surface area contributed by atoms with Crippen LogP contribution >= 0.6 is 0 Å². The van der Waals surface area contributed by atoms with E-state index < -0.39 is 5.82 Å². The van der Waals surface area contributed by atoms with Crippen LogP contribution in [0.5, 0.6) is 5.75 Å². The number of benzene rings is 2. The fourth-order valence-corrected chi connectivity index (χ4v) is 3.60. The molecular weight excluding hydrogens is 357 g/mol. The van der Waals surface area contributed by atoms with Gasteiger partial charge in [-0.1, -0.05) is 13.0 Å². The van der Waals surface area contributed by atoms with E-state index in [-0.39, 0.29) is 18.1 Å². The maximum Gasteiger partial charge on any atom is 0.228 e. The summed E-state index contributed by atoms with van der Waals surface area (Å²) in [5.41, 5.74) is 3.72. The number of ether oxygens (including phenoxy) is 1. The molecule has 1 aliphatic heterocycles. The molecule has 2 aromatic rings. The van der Waals surface area contributed by atoms with E-state index in [0.717, 1.165) is 44.0 Å². The summed E-state index contributed by atoms with van der Waals surface area (Å²) in [6, 6.07) is 10.6. The quantitative estimate of drug-likeness (QED) is 0.827. The van der Waals surface area contributed by atoms with E-state index in [4.69, 9.17) is 4.74 Å². The summed E-state index contributed by atoms with van der Waals surface area (Å²) >= 11 is 0. The first kappa shape index (κ1) is 20.1. The van der Waals surface area contributed by atoms with Crippen molar-refractivity contribution in [3.05, 3.63) is 53.3 Å². The first-order valence-electron chi connectivity index (χ1n) is 9.70. The molecule has 0 aromatic heterocycles. The first-order valence-corrected chi connectivity index (χ1v) is 9.70. The molecule has 0 bridgehead atoms. The van der Waals surface area contributed by atoms with Crippen LogP contribution < -0.4 is 15.0 Å². The summed E-state index contributed by atoms with van der Waals surface area (Å²) in [6.45, 7) is 9.54. The van der Waals surface area contributed by atoms with Crippen LogP contribution in [0.25, 0.3) is 0 Å². The number of carbonyl (C=O) groups is 1. The van der Waals surface area contributed by atoms with Gasteiger partial charge in [-0.25, -0.2) is 4.39 Å². The van der Waals surface area contributed by atoms with E-state index >= 15 is 0 Å². The Morgan fingerprint density at radius 3 is 2.50 bits per heavy atom. The molecule has 1 saturated heterocycles. The molecule has 1 fully saturated rings. The fourth-order valence-electron chi connectivity index (χ4n) is 3.60. The van der Waals surface area contributed by atoms with E-state index in [1.54, 1.807) is 6.07 Å². The van der Waals surface area contributed by atoms with E-state index in [2.05, 4.69) is 35.0 Å². The zero-order chi connectivity index (χ0) is 20.1. The average molecular weight is 385 g/mol. The van der Waals surface area contributed by atoms with Gasteiger partial charge in [0.2, 0.25) is 5.91 Å². The van der Waals surface area contributed by atoms with Crippen molar-refractivity contribution in [2.75, 3.05) is 50.1 Å². The number of amides is 1. The van der Waals surface area contributed by atoms with Gasteiger partial charge >= 0.3 is 0 Å². The van der Waals surface area contributed by atoms with Gasteiger partial charge in [-0.15, -0.1) is 0 Å². The molecular formula is C22H28FN3O2. The zero-order valence-electron chi connectivity index (χ0n) is 16.8. The predicted octanol–water partition coefficient (Wildman–Crippen LogP) is 3.47. The van der Waals surface area contributed by atoms with Gasteiger partial charge in [0.25, 0.3) is 0 Å². The summed E-state index contributed by atoms with van der Waals surface area (Å²) < 4.78 is 18.7. The molecule has 6 heteroatoms. The second kappa shape index (κ2) is 9.06. The molecule has 5 nitrogen and oxygen atoms in total. The van der Waals surface area contributed by atoms with Gasteiger partial charge in [0.15, 0.2) is 11.6 Å². The third kappa shape index (κ3) is 4.81. The number of hydrogen-bond donors (Lipinski definition) is 1. The number of rotatable bonds is 6. The zero-order valence-corrected chi connectivity index (χ0v) is 16.8. The summed E-state index contributed by atoms with van der Waals surface area (Å²) in [4.78, 5) is 17.2. The Morgan fingerprint density at radius 2 is 1.89 bits per heavy atom. The second-order valence-electron chi connectivity index (χ2n) is 7.12. The molecule has 1 N–H and O–H groups in total. The molecule has 1 amide bonds. The lowest BCUT2D eigenvalue weighted by atomic mass is 10.1. The highest BCUT2D eigenvalue weighted by atomic mass is 19.1. The molecule has 0 radical (unpaired) electrons. The van der Waals surface area contributed by atoms with Crippen LogP contribution in [0.15, 0.2) is 36.4 Å². The van der Waals surface area contributed by atoms with Crippen molar-refractivity contribution in [1.29, 1.82) is 0 Å². The summed E-state index contributed by atoms with van der Waals surface area (Å²) in [5.74, 6) is -0.459. The van der Waals surface area contributed by atoms with E-state index in [1.807, 2.05) is 12.1 Å². The number of likely N-dealkylation sites (N-methyl/N-ethyl adjacent to an activating group) is 1. The minimum absolute atomic E-state index is 0.112. The lowest BCUT2D eigenvalue weighted by Crippen LogP contribution is -2.46. The largest absolute Gasteiger partial charge is 0.494 e. The van der Waals surface area contributed by atoms with Crippen molar-refractivity contribution in [2.45, 2.75) is 20.3 Å². The van der Waals surface area contributed by atoms with E-state index in [0.29, 0.717) is 5.56 Å². The Morgan fingerprint density at radius 1 is 1.14 bits per heavy atom. The molecule has 0 unspecified atom stereocenters. The molecule has 0 aliphatic carbocycles. The van der Waals surface area contributed by atoms with Crippen molar-refractivity contribution in [2.24, 2.45) is 0 Å². The lowest BCUT2D eigenvalue weighted by Gasteiger charge is -2.36. The monoisotopic (exact) mass is 385 g/mol. The third-order valence-electron chi connectivity index (χ3n) is 5.22. The number of nitrogens with one attached hydrogen (secondary N) is 1. The predicted molar refractivity (Wildman–Crippen MR) is 111 cm³/mol. The minimum atomic E-state index is -0.462.